The van der Waals surface area contributed by atoms with Gasteiger partial charge in [0, 0.05) is 13.6 Å². The van der Waals surface area contributed by atoms with E-state index in [0.717, 1.165) is 17.1 Å². The minimum Gasteiger partial charge on any atom is -0.486 e. The molecule has 0 bridgehead atoms. The Labute approximate surface area is 113 Å². The second-order valence-electron chi connectivity index (χ2n) is 5.36. The highest BCUT2D eigenvalue weighted by atomic mass is 16.6. The van der Waals surface area contributed by atoms with Gasteiger partial charge < -0.3 is 20.1 Å². The number of rotatable bonds is 3. The zero-order valence-electron chi connectivity index (χ0n) is 11.6. The lowest BCUT2D eigenvalue weighted by atomic mass is 10.1. The maximum absolute atomic E-state index is 12.0. The minimum atomic E-state index is -0.859. The molecule has 1 amide bonds. The number of nitrogens with two attached hydrogens (primary N) is 1. The summed E-state index contributed by atoms with van der Waals surface area (Å²) in [6.45, 7) is 5.04. The van der Waals surface area contributed by atoms with Crippen LogP contribution in [0.5, 0.6) is 11.5 Å². The van der Waals surface area contributed by atoms with Crippen LogP contribution >= 0.6 is 0 Å². The number of hydrogen-bond acceptors (Lipinski definition) is 4. The quantitative estimate of drug-likeness (QED) is 0.889. The second kappa shape index (κ2) is 5.09. The van der Waals surface area contributed by atoms with Gasteiger partial charge in [0.05, 0.1) is 5.54 Å². The van der Waals surface area contributed by atoms with Crippen molar-refractivity contribution in [2.75, 3.05) is 20.3 Å². The number of nitrogens with zero attached hydrogens (tertiary/aromatic N) is 1. The Bertz CT molecular complexity index is 480. The summed E-state index contributed by atoms with van der Waals surface area (Å²) < 4.78 is 11.0. The highest BCUT2D eigenvalue weighted by molar-refractivity contribution is 5.84. The highest BCUT2D eigenvalue weighted by Gasteiger charge is 2.25. The van der Waals surface area contributed by atoms with E-state index in [1.165, 1.54) is 0 Å². The Morgan fingerprint density at radius 1 is 1.32 bits per heavy atom. The van der Waals surface area contributed by atoms with Gasteiger partial charge in [0.15, 0.2) is 11.5 Å². The third-order valence-corrected chi connectivity index (χ3v) is 2.92. The van der Waals surface area contributed by atoms with Crippen molar-refractivity contribution in [3.63, 3.8) is 0 Å². The van der Waals surface area contributed by atoms with Crippen LogP contribution in [0.2, 0.25) is 0 Å². The molecule has 0 unspecified atom stereocenters. The van der Waals surface area contributed by atoms with Crippen LogP contribution in [-0.4, -0.2) is 36.6 Å². The molecule has 0 atom stereocenters. The maximum atomic E-state index is 12.0. The van der Waals surface area contributed by atoms with Gasteiger partial charge in [-0.1, -0.05) is 6.07 Å². The molecule has 0 spiro atoms. The first-order valence-corrected chi connectivity index (χ1v) is 6.31. The molecule has 0 aromatic heterocycles. The van der Waals surface area contributed by atoms with Gasteiger partial charge in [-0.05, 0) is 31.5 Å². The van der Waals surface area contributed by atoms with Crippen molar-refractivity contribution in [1.29, 1.82) is 0 Å². The van der Waals surface area contributed by atoms with Crippen LogP contribution in [0.4, 0.5) is 0 Å². The van der Waals surface area contributed by atoms with E-state index in [2.05, 4.69) is 0 Å². The van der Waals surface area contributed by atoms with Crippen LogP contribution < -0.4 is 15.2 Å². The van der Waals surface area contributed by atoms with Crippen LogP contribution in [-0.2, 0) is 11.3 Å². The molecule has 1 aliphatic heterocycles. The molecule has 1 aromatic rings. The molecule has 0 radical (unpaired) electrons. The Morgan fingerprint density at radius 2 is 1.95 bits per heavy atom. The lowest BCUT2D eigenvalue weighted by Gasteiger charge is -2.26. The predicted molar refractivity (Wildman–Crippen MR) is 72.2 cm³/mol. The smallest absolute Gasteiger partial charge is 0.242 e. The Hall–Kier alpha value is -1.75. The fourth-order valence-corrected chi connectivity index (χ4v) is 2.02. The number of carbonyl (C=O) groups is 1. The van der Waals surface area contributed by atoms with Gasteiger partial charge in [-0.3, -0.25) is 4.79 Å². The predicted octanol–water partition coefficient (Wildman–Crippen LogP) is 1.15. The summed E-state index contributed by atoms with van der Waals surface area (Å²) in [6.07, 6.45) is 0. The fourth-order valence-electron chi connectivity index (χ4n) is 2.02. The molecule has 0 aliphatic carbocycles. The molecule has 1 aromatic carbocycles. The third kappa shape index (κ3) is 3.17. The molecule has 1 heterocycles. The van der Waals surface area contributed by atoms with Crippen molar-refractivity contribution in [2.45, 2.75) is 25.9 Å². The van der Waals surface area contributed by atoms with Crippen molar-refractivity contribution in [1.82, 2.24) is 4.90 Å². The molecule has 2 rings (SSSR count). The number of carbonyl (C=O) groups excluding carboxylic acids is 1. The number of amides is 1. The molecular weight excluding hydrogens is 244 g/mol. The Balaban J connectivity index is 2.09. The first-order chi connectivity index (χ1) is 8.88. The SMILES string of the molecule is CN(Cc1ccc2c(c1)OCCO2)C(=O)C(C)(C)N. The third-order valence-electron chi connectivity index (χ3n) is 2.92. The summed E-state index contributed by atoms with van der Waals surface area (Å²) in [5.74, 6) is 1.39. The van der Waals surface area contributed by atoms with Gasteiger partial charge in [0.1, 0.15) is 13.2 Å². The van der Waals surface area contributed by atoms with E-state index in [4.69, 9.17) is 15.2 Å². The molecule has 0 fully saturated rings. The summed E-state index contributed by atoms with van der Waals surface area (Å²) in [6, 6.07) is 5.71. The number of benzene rings is 1. The minimum absolute atomic E-state index is 0.0950. The molecule has 2 N–H and O–H groups in total. The van der Waals surface area contributed by atoms with Crippen molar-refractivity contribution in [3.8, 4) is 11.5 Å². The Kier molecular flexibility index (Phi) is 3.66. The average Bonchev–Trinajstić information content (AvgIpc) is 2.36. The summed E-state index contributed by atoms with van der Waals surface area (Å²) in [5.41, 5.74) is 5.94. The summed E-state index contributed by atoms with van der Waals surface area (Å²) in [7, 11) is 1.74. The fraction of sp³-hybridized carbons (Fsp3) is 0.500. The average molecular weight is 264 g/mol. The van der Waals surface area contributed by atoms with E-state index in [-0.39, 0.29) is 5.91 Å². The van der Waals surface area contributed by atoms with Crippen molar-refractivity contribution in [3.05, 3.63) is 23.8 Å². The standard InChI is InChI=1S/C14H20N2O3/c1-14(2,15)13(17)16(3)9-10-4-5-11-12(8-10)19-7-6-18-11/h4-5,8H,6-7,9,15H2,1-3H3. The number of fused-ring (bicyclic) bond motifs is 1. The van der Waals surface area contributed by atoms with E-state index < -0.39 is 5.54 Å². The van der Waals surface area contributed by atoms with E-state index >= 15 is 0 Å². The molecule has 5 heteroatoms. The number of ether oxygens (including phenoxy) is 2. The number of likely N-dealkylation sites (N-methyl/N-ethyl adjacent to an activating group) is 1. The molecule has 19 heavy (non-hydrogen) atoms. The topological polar surface area (TPSA) is 64.8 Å². The maximum Gasteiger partial charge on any atom is 0.242 e. The first-order valence-electron chi connectivity index (χ1n) is 6.31. The first kappa shape index (κ1) is 13.7. The van der Waals surface area contributed by atoms with Gasteiger partial charge in [0.25, 0.3) is 0 Å². The summed E-state index contributed by atoms with van der Waals surface area (Å²) in [4.78, 5) is 13.6. The summed E-state index contributed by atoms with van der Waals surface area (Å²) in [5, 5.41) is 0. The molecule has 1 aliphatic rings. The van der Waals surface area contributed by atoms with Gasteiger partial charge in [-0.25, -0.2) is 0 Å². The molecule has 0 saturated heterocycles. The number of hydrogen-bond donors (Lipinski definition) is 1. The zero-order valence-corrected chi connectivity index (χ0v) is 11.6. The van der Waals surface area contributed by atoms with Crippen LogP contribution in [0.15, 0.2) is 18.2 Å². The van der Waals surface area contributed by atoms with Gasteiger partial charge >= 0.3 is 0 Å². The molecule has 0 saturated carbocycles. The van der Waals surface area contributed by atoms with Crippen LogP contribution in [0, 0.1) is 0 Å². The lowest BCUT2D eigenvalue weighted by Crippen LogP contribution is -2.49. The van der Waals surface area contributed by atoms with Gasteiger partial charge in [0.2, 0.25) is 5.91 Å². The normalized spacial score (nSPS) is 14.1. The largest absolute Gasteiger partial charge is 0.486 e. The molecular formula is C14H20N2O3. The van der Waals surface area contributed by atoms with E-state index in [1.54, 1.807) is 25.8 Å². The van der Waals surface area contributed by atoms with E-state index in [1.807, 2.05) is 18.2 Å². The van der Waals surface area contributed by atoms with Crippen LogP contribution in [0.3, 0.4) is 0 Å². The van der Waals surface area contributed by atoms with Crippen LogP contribution in [0.25, 0.3) is 0 Å². The summed E-state index contributed by atoms with van der Waals surface area (Å²) >= 11 is 0. The van der Waals surface area contributed by atoms with E-state index in [0.29, 0.717) is 19.8 Å². The molecule has 5 nitrogen and oxygen atoms in total. The van der Waals surface area contributed by atoms with Crippen molar-refractivity contribution in [2.24, 2.45) is 5.73 Å². The lowest BCUT2D eigenvalue weighted by molar-refractivity contribution is -0.135. The van der Waals surface area contributed by atoms with E-state index in [9.17, 15) is 4.79 Å². The Morgan fingerprint density at radius 3 is 2.58 bits per heavy atom. The van der Waals surface area contributed by atoms with Gasteiger partial charge in [-0.15, -0.1) is 0 Å². The second-order valence-corrected chi connectivity index (χ2v) is 5.36. The van der Waals surface area contributed by atoms with Crippen molar-refractivity contribution < 1.29 is 14.3 Å². The van der Waals surface area contributed by atoms with Crippen molar-refractivity contribution >= 4 is 5.91 Å². The van der Waals surface area contributed by atoms with Gasteiger partial charge in [-0.2, -0.15) is 0 Å². The monoisotopic (exact) mass is 264 g/mol. The zero-order chi connectivity index (χ0) is 14.0. The molecule has 104 valence electrons. The van der Waals surface area contributed by atoms with Crippen LogP contribution in [0.1, 0.15) is 19.4 Å². The highest BCUT2D eigenvalue weighted by Crippen LogP contribution is 2.31.